The molecule has 1 atom stereocenters. The minimum atomic E-state index is 0.323. The number of hydrogen-bond acceptors (Lipinski definition) is 4. The number of hydrogen-bond donors (Lipinski definition) is 1. The number of nitrogens with zero attached hydrogens (tertiary/aromatic N) is 1. The molecule has 0 aliphatic heterocycles. The predicted octanol–water partition coefficient (Wildman–Crippen LogP) is 2.59. The summed E-state index contributed by atoms with van der Waals surface area (Å²) in [6.45, 7) is 10.7. The molecule has 120 valence electrons. The van der Waals surface area contributed by atoms with Crippen LogP contribution in [-0.2, 0) is 16.0 Å². The van der Waals surface area contributed by atoms with Crippen molar-refractivity contribution in [1.29, 1.82) is 0 Å². The summed E-state index contributed by atoms with van der Waals surface area (Å²) >= 11 is 0. The molecule has 0 heterocycles. The highest BCUT2D eigenvalue weighted by molar-refractivity contribution is 5.55. The van der Waals surface area contributed by atoms with E-state index >= 15 is 0 Å². The maximum atomic E-state index is 5.31. The molecule has 1 N–H and O–H groups in total. The van der Waals surface area contributed by atoms with Crippen molar-refractivity contribution in [3.05, 3.63) is 29.3 Å². The largest absolute Gasteiger partial charge is 0.383 e. The first-order valence-electron chi connectivity index (χ1n) is 7.68. The Balaban J connectivity index is 2.90. The second-order valence-electron chi connectivity index (χ2n) is 5.39. The van der Waals surface area contributed by atoms with E-state index in [0.29, 0.717) is 19.3 Å². The first kappa shape index (κ1) is 18.0. The Morgan fingerprint density at radius 3 is 2.57 bits per heavy atom. The minimum Gasteiger partial charge on any atom is -0.383 e. The number of anilines is 1. The molecule has 21 heavy (non-hydrogen) atoms. The van der Waals surface area contributed by atoms with Crippen molar-refractivity contribution in [3.8, 4) is 0 Å². The highest BCUT2D eigenvalue weighted by Gasteiger charge is 2.16. The molecule has 4 nitrogen and oxygen atoms in total. The van der Waals surface area contributed by atoms with E-state index in [9.17, 15) is 0 Å². The molecule has 0 bridgehead atoms. The lowest BCUT2D eigenvalue weighted by atomic mass is 10.1. The van der Waals surface area contributed by atoms with Gasteiger partial charge in [-0.2, -0.15) is 0 Å². The van der Waals surface area contributed by atoms with E-state index in [4.69, 9.17) is 9.47 Å². The van der Waals surface area contributed by atoms with Gasteiger partial charge in [0.1, 0.15) is 0 Å². The Hall–Kier alpha value is -1.10. The molecule has 0 radical (unpaired) electrons. The van der Waals surface area contributed by atoms with E-state index in [0.717, 1.165) is 19.6 Å². The SMILES string of the molecule is CCNCc1ccc(N(CCOC)C(C)COC)c(C)c1. The zero-order valence-electron chi connectivity index (χ0n) is 14.1. The van der Waals surface area contributed by atoms with Gasteiger partial charge >= 0.3 is 0 Å². The summed E-state index contributed by atoms with van der Waals surface area (Å²) in [5, 5.41) is 3.36. The predicted molar refractivity (Wildman–Crippen MR) is 89.1 cm³/mol. The van der Waals surface area contributed by atoms with Gasteiger partial charge in [-0.05, 0) is 37.6 Å². The molecule has 0 fully saturated rings. The molecular formula is C17H30N2O2. The summed E-state index contributed by atoms with van der Waals surface area (Å²) in [4.78, 5) is 2.36. The lowest BCUT2D eigenvalue weighted by Gasteiger charge is -2.32. The Morgan fingerprint density at radius 2 is 2.00 bits per heavy atom. The Bertz CT molecular complexity index is 410. The number of benzene rings is 1. The van der Waals surface area contributed by atoms with Gasteiger partial charge in [0.2, 0.25) is 0 Å². The number of rotatable bonds is 10. The zero-order chi connectivity index (χ0) is 15.7. The highest BCUT2D eigenvalue weighted by Crippen LogP contribution is 2.23. The third-order valence-corrected chi connectivity index (χ3v) is 3.63. The lowest BCUT2D eigenvalue weighted by Crippen LogP contribution is -2.39. The van der Waals surface area contributed by atoms with Crippen LogP contribution in [0, 0.1) is 6.92 Å². The number of nitrogens with one attached hydrogen (secondary N) is 1. The molecule has 0 amide bonds. The average molecular weight is 294 g/mol. The summed E-state index contributed by atoms with van der Waals surface area (Å²) in [6, 6.07) is 6.99. The summed E-state index contributed by atoms with van der Waals surface area (Å²) in [5.74, 6) is 0. The Kier molecular flexibility index (Phi) is 8.35. The summed E-state index contributed by atoms with van der Waals surface area (Å²) in [7, 11) is 3.49. The lowest BCUT2D eigenvalue weighted by molar-refractivity contribution is 0.171. The zero-order valence-corrected chi connectivity index (χ0v) is 14.1. The fourth-order valence-electron chi connectivity index (χ4n) is 2.52. The maximum Gasteiger partial charge on any atom is 0.0663 e. The molecule has 0 saturated heterocycles. The third kappa shape index (κ3) is 5.65. The Morgan fingerprint density at radius 1 is 1.24 bits per heavy atom. The summed E-state index contributed by atoms with van der Waals surface area (Å²) in [5.41, 5.74) is 3.88. The number of aryl methyl sites for hydroxylation is 1. The van der Waals surface area contributed by atoms with Gasteiger partial charge in [-0.15, -0.1) is 0 Å². The van der Waals surface area contributed by atoms with Crippen molar-refractivity contribution in [1.82, 2.24) is 5.32 Å². The fraction of sp³-hybridized carbons (Fsp3) is 0.647. The van der Waals surface area contributed by atoms with Gasteiger partial charge in [-0.3, -0.25) is 0 Å². The van der Waals surface area contributed by atoms with Crippen LogP contribution in [-0.4, -0.2) is 46.6 Å². The molecule has 0 aliphatic carbocycles. The smallest absolute Gasteiger partial charge is 0.0663 e. The van der Waals surface area contributed by atoms with Crippen molar-refractivity contribution < 1.29 is 9.47 Å². The Labute approximate surface area is 129 Å². The summed E-state index contributed by atoms with van der Waals surface area (Å²) < 4.78 is 10.6. The molecular weight excluding hydrogens is 264 g/mol. The van der Waals surface area contributed by atoms with Gasteiger partial charge in [0.05, 0.1) is 13.2 Å². The van der Waals surface area contributed by atoms with Gasteiger partial charge in [-0.25, -0.2) is 0 Å². The van der Waals surface area contributed by atoms with Crippen LogP contribution >= 0.6 is 0 Å². The van der Waals surface area contributed by atoms with Crippen LogP contribution in [0.25, 0.3) is 0 Å². The van der Waals surface area contributed by atoms with Crippen LogP contribution < -0.4 is 10.2 Å². The first-order valence-corrected chi connectivity index (χ1v) is 7.68. The van der Waals surface area contributed by atoms with E-state index in [1.165, 1.54) is 16.8 Å². The van der Waals surface area contributed by atoms with Crippen molar-refractivity contribution in [2.24, 2.45) is 0 Å². The minimum absolute atomic E-state index is 0.323. The van der Waals surface area contributed by atoms with Crippen LogP contribution in [0.4, 0.5) is 5.69 Å². The average Bonchev–Trinajstić information content (AvgIpc) is 2.47. The van der Waals surface area contributed by atoms with Gasteiger partial charge in [0.25, 0.3) is 0 Å². The van der Waals surface area contributed by atoms with E-state index in [2.05, 4.69) is 49.2 Å². The van der Waals surface area contributed by atoms with Crippen LogP contribution in [0.2, 0.25) is 0 Å². The monoisotopic (exact) mass is 294 g/mol. The highest BCUT2D eigenvalue weighted by atomic mass is 16.5. The molecule has 0 spiro atoms. The molecule has 0 saturated carbocycles. The topological polar surface area (TPSA) is 33.7 Å². The van der Waals surface area contributed by atoms with Crippen molar-refractivity contribution >= 4 is 5.69 Å². The molecule has 1 aromatic carbocycles. The molecule has 0 aromatic heterocycles. The second kappa shape index (κ2) is 9.77. The third-order valence-electron chi connectivity index (χ3n) is 3.63. The van der Waals surface area contributed by atoms with Crippen molar-refractivity contribution in [3.63, 3.8) is 0 Å². The standard InChI is InChI=1S/C17H30N2O2/c1-6-18-12-16-7-8-17(14(2)11-16)19(9-10-20-4)15(3)13-21-5/h7-8,11,15,18H,6,9-10,12-13H2,1-5H3. The normalized spacial score (nSPS) is 12.4. The van der Waals surface area contributed by atoms with Crippen LogP contribution in [0.3, 0.4) is 0 Å². The van der Waals surface area contributed by atoms with E-state index < -0.39 is 0 Å². The van der Waals surface area contributed by atoms with Crippen LogP contribution in [0.1, 0.15) is 25.0 Å². The van der Waals surface area contributed by atoms with E-state index in [1.807, 2.05) is 0 Å². The maximum absolute atomic E-state index is 5.31. The number of methoxy groups -OCH3 is 2. The van der Waals surface area contributed by atoms with Crippen molar-refractivity contribution in [2.75, 3.05) is 45.4 Å². The van der Waals surface area contributed by atoms with Gasteiger partial charge in [-0.1, -0.05) is 19.1 Å². The van der Waals surface area contributed by atoms with Gasteiger partial charge in [0, 0.05) is 39.0 Å². The van der Waals surface area contributed by atoms with Crippen LogP contribution in [0.15, 0.2) is 18.2 Å². The van der Waals surface area contributed by atoms with Crippen LogP contribution in [0.5, 0.6) is 0 Å². The molecule has 0 aliphatic rings. The molecule has 1 aromatic rings. The van der Waals surface area contributed by atoms with E-state index in [1.54, 1.807) is 14.2 Å². The first-order chi connectivity index (χ1) is 10.1. The van der Waals surface area contributed by atoms with Gasteiger partial charge in [0.15, 0.2) is 0 Å². The quantitative estimate of drug-likeness (QED) is 0.719. The van der Waals surface area contributed by atoms with E-state index in [-0.39, 0.29) is 0 Å². The molecule has 4 heteroatoms. The molecule has 1 rings (SSSR count). The van der Waals surface area contributed by atoms with Crippen molar-refractivity contribution in [2.45, 2.75) is 33.4 Å². The number of ether oxygens (including phenoxy) is 2. The summed E-state index contributed by atoms with van der Waals surface area (Å²) in [6.07, 6.45) is 0. The fourth-order valence-corrected chi connectivity index (χ4v) is 2.52. The van der Waals surface area contributed by atoms with Gasteiger partial charge < -0.3 is 19.7 Å². The second-order valence-corrected chi connectivity index (χ2v) is 5.39. The molecule has 1 unspecified atom stereocenters.